The molecule has 0 saturated carbocycles. The van der Waals surface area contributed by atoms with Crippen LogP contribution in [0.15, 0.2) is 121 Å². The van der Waals surface area contributed by atoms with E-state index in [2.05, 4.69) is 10.3 Å². The minimum atomic E-state index is -2.05. The van der Waals surface area contributed by atoms with Crippen molar-refractivity contribution in [3.8, 4) is 0 Å². The fourth-order valence-electron chi connectivity index (χ4n) is 6.29. The van der Waals surface area contributed by atoms with Gasteiger partial charge in [0, 0.05) is 47.7 Å². The Morgan fingerprint density at radius 2 is 1.66 bits per heavy atom. The highest BCUT2D eigenvalue weighted by Crippen LogP contribution is 2.47. The standard InChI is InChI=1S/C38H36N6O6/c1-27(10-8-9-21-41-24-35(39-40-41)33(25-45)29-11-4-2-5-12-29)38(48)34-22-32(44(49)50)19-20-36(34)42(37(38)47)23-28-15-17-31(18-16-28)43(26-46)30-13-6-3-7-14-30/h2-8,10-20,22,24,26-27,33,45,48H,9,21,23,25H2,1H3/b10-8+/t27-,33?,38+/m0/s1. The monoisotopic (exact) mass is 672 g/mol. The van der Waals surface area contributed by atoms with Crippen LogP contribution < -0.4 is 9.80 Å². The average molecular weight is 673 g/mol. The molecule has 6 rings (SSSR count). The molecule has 2 heterocycles. The van der Waals surface area contributed by atoms with E-state index in [-0.39, 0.29) is 30.3 Å². The third kappa shape index (κ3) is 6.66. The number of carbonyl (C=O) groups excluding carboxylic acids is 2. The van der Waals surface area contributed by atoms with Crippen LogP contribution in [0.1, 0.15) is 41.6 Å². The molecule has 1 aromatic heterocycles. The van der Waals surface area contributed by atoms with E-state index >= 15 is 0 Å². The van der Waals surface area contributed by atoms with Crippen LogP contribution in [-0.4, -0.2) is 49.1 Å². The summed E-state index contributed by atoms with van der Waals surface area (Å²) in [6.07, 6.45) is 6.59. The number of carbonyl (C=O) groups is 2. The zero-order valence-electron chi connectivity index (χ0n) is 27.3. The van der Waals surface area contributed by atoms with Gasteiger partial charge >= 0.3 is 0 Å². The van der Waals surface area contributed by atoms with Gasteiger partial charge in [-0.3, -0.25) is 29.3 Å². The first kappa shape index (κ1) is 33.9. The maximum Gasteiger partial charge on any atom is 0.269 e. The van der Waals surface area contributed by atoms with Gasteiger partial charge in [0.25, 0.3) is 11.6 Å². The second kappa shape index (κ2) is 14.6. The van der Waals surface area contributed by atoms with Gasteiger partial charge in [-0.1, -0.05) is 85.0 Å². The van der Waals surface area contributed by atoms with E-state index in [1.54, 1.807) is 48.1 Å². The molecule has 3 atom stereocenters. The Bertz CT molecular complexity index is 2000. The summed E-state index contributed by atoms with van der Waals surface area (Å²) >= 11 is 0. The summed E-state index contributed by atoms with van der Waals surface area (Å²) in [5.74, 6) is -1.63. The summed E-state index contributed by atoms with van der Waals surface area (Å²) in [7, 11) is 0. The van der Waals surface area contributed by atoms with Crippen LogP contribution >= 0.6 is 0 Å². The third-order valence-corrected chi connectivity index (χ3v) is 9.07. The summed E-state index contributed by atoms with van der Waals surface area (Å²) in [6.45, 7) is 2.15. The first-order chi connectivity index (χ1) is 24.2. The lowest BCUT2D eigenvalue weighted by Gasteiger charge is -2.27. The number of nitrogens with zero attached hydrogens (tertiary/aromatic N) is 6. The number of benzene rings is 4. The summed E-state index contributed by atoms with van der Waals surface area (Å²) in [5.41, 5.74) is 1.93. The molecule has 0 fully saturated rings. The average Bonchev–Trinajstić information content (AvgIpc) is 3.69. The number of hydrogen-bond acceptors (Lipinski definition) is 8. The van der Waals surface area contributed by atoms with E-state index in [1.165, 1.54) is 28.0 Å². The fraction of sp³-hybridized carbons (Fsp3) is 0.211. The molecule has 50 heavy (non-hydrogen) atoms. The zero-order valence-corrected chi connectivity index (χ0v) is 27.3. The second-order valence-corrected chi connectivity index (χ2v) is 12.2. The molecule has 1 aliphatic heterocycles. The third-order valence-electron chi connectivity index (χ3n) is 9.07. The van der Waals surface area contributed by atoms with E-state index in [0.717, 1.165) is 17.5 Å². The Balaban J connectivity index is 1.18. The number of allylic oxidation sites excluding steroid dienone is 1. The quantitative estimate of drug-likeness (QED) is 0.0667. The molecule has 0 saturated heterocycles. The van der Waals surface area contributed by atoms with E-state index < -0.39 is 22.3 Å². The molecule has 1 unspecified atom stereocenters. The predicted molar refractivity (Wildman–Crippen MR) is 188 cm³/mol. The molecule has 0 spiro atoms. The minimum absolute atomic E-state index is 0.0988. The van der Waals surface area contributed by atoms with Crippen molar-refractivity contribution in [2.24, 2.45) is 5.92 Å². The molecule has 1 aliphatic rings. The number of fused-ring (bicyclic) bond motifs is 1. The van der Waals surface area contributed by atoms with E-state index in [0.29, 0.717) is 35.7 Å². The van der Waals surface area contributed by atoms with Crippen molar-refractivity contribution in [2.45, 2.75) is 38.0 Å². The Morgan fingerprint density at radius 3 is 2.32 bits per heavy atom. The number of aliphatic hydroxyl groups is 2. The lowest BCUT2D eigenvalue weighted by Crippen LogP contribution is -2.44. The van der Waals surface area contributed by atoms with Crippen molar-refractivity contribution >= 4 is 35.1 Å². The van der Waals surface area contributed by atoms with Gasteiger partial charge in [0.15, 0.2) is 5.60 Å². The first-order valence-corrected chi connectivity index (χ1v) is 16.2. The van der Waals surface area contributed by atoms with Gasteiger partial charge in [-0.05, 0) is 47.9 Å². The van der Waals surface area contributed by atoms with Crippen molar-refractivity contribution in [3.63, 3.8) is 0 Å². The van der Waals surface area contributed by atoms with Crippen LogP contribution in [0.2, 0.25) is 0 Å². The fourth-order valence-corrected chi connectivity index (χ4v) is 6.29. The van der Waals surface area contributed by atoms with E-state index in [1.807, 2.05) is 66.7 Å². The van der Waals surface area contributed by atoms with Gasteiger partial charge < -0.3 is 15.1 Å². The predicted octanol–water partition coefficient (Wildman–Crippen LogP) is 5.62. The SMILES string of the molecule is C[C@@H](/C=C/CCn1cc(C(CO)c2ccccc2)nn1)[C@]1(O)C(=O)N(Cc2ccc(N(C=O)c3ccccc3)cc2)c2ccc([N+](=O)[O-])cc21. The maximum atomic E-state index is 14.1. The Labute approximate surface area is 288 Å². The normalized spacial score (nSPS) is 16.7. The molecule has 2 N–H and O–H groups in total. The molecule has 5 aromatic rings. The number of non-ortho nitro benzene ring substituents is 1. The van der Waals surface area contributed by atoms with Crippen LogP contribution in [0.5, 0.6) is 0 Å². The summed E-state index contributed by atoms with van der Waals surface area (Å²) in [4.78, 5) is 40.0. The Morgan fingerprint density at radius 1 is 0.980 bits per heavy atom. The van der Waals surface area contributed by atoms with Crippen molar-refractivity contribution in [1.29, 1.82) is 0 Å². The Hall–Kier alpha value is -5.98. The number of aliphatic hydroxyl groups excluding tert-OH is 1. The van der Waals surface area contributed by atoms with Crippen molar-refractivity contribution in [1.82, 2.24) is 15.0 Å². The lowest BCUT2D eigenvalue weighted by atomic mass is 9.82. The van der Waals surface area contributed by atoms with Crippen molar-refractivity contribution < 1.29 is 24.7 Å². The molecular weight excluding hydrogens is 636 g/mol. The molecule has 254 valence electrons. The van der Waals surface area contributed by atoms with Gasteiger partial charge in [-0.25, -0.2) is 0 Å². The molecule has 0 aliphatic carbocycles. The lowest BCUT2D eigenvalue weighted by molar-refractivity contribution is -0.385. The van der Waals surface area contributed by atoms with E-state index in [4.69, 9.17) is 0 Å². The number of amides is 2. The molecule has 2 amide bonds. The van der Waals surface area contributed by atoms with Crippen LogP contribution in [0.4, 0.5) is 22.7 Å². The highest BCUT2D eigenvalue weighted by Gasteiger charge is 2.53. The van der Waals surface area contributed by atoms with Gasteiger partial charge in [-0.15, -0.1) is 5.10 Å². The maximum absolute atomic E-state index is 14.1. The molecule has 4 aromatic carbocycles. The van der Waals surface area contributed by atoms with Gasteiger partial charge in [-0.2, -0.15) is 0 Å². The number of nitro groups is 1. The van der Waals surface area contributed by atoms with Crippen LogP contribution in [-0.2, 0) is 28.3 Å². The Kier molecular flexibility index (Phi) is 9.93. The summed E-state index contributed by atoms with van der Waals surface area (Å²) in [5, 5.41) is 42.2. The number of para-hydroxylation sites is 1. The van der Waals surface area contributed by atoms with Crippen LogP contribution in [0, 0.1) is 16.0 Å². The van der Waals surface area contributed by atoms with Crippen molar-refractivity contribution in [2.75, 3.05) is 16.4 Å². The molecule has 12 nitrogen and oxygen atoms in total. The number of anilines is 3. The largest absolute Gasteiger partial charge is 0.395 e. The smallest absolute Gasteiger partial charge is 0.269 e. The minimum Gasteiger partial charge on any atom is -0.395 e. The number of aryl methyl sites for hydroxylation is 1. The molecular formula is C38H36N6O6. The van der Waals surface area contributed by atoms with Gasteiger partial charge in [0.05, 0.1) is 35.4 Å². The molecule has 12 heteroatoms. The number of hydrogen-bond donors (Lipinski definition) is 2. The first-order valence-electron chi connectivity index (χ1n) is 16.2. The summed E-state index contributed by atoms with van der Waals surface area (Å²) < 4.78 is 1.67. The molecule has 0 radical (unpaired) electrons. The van der Waals surface area contributed by atoms with Crippen LogP contribution in [0.25, 0.3) is 0 Å². The zero-order chi connectivity index (χ0) is 35.3. The highest BCUT2D eigenvalue weighted by molar-refractivity contribution is 6.07. The van der Waals surface area contributed by atoms with Crippen LogP contribution in [0.3, 0.4) is 0 Å². The number of nitro benzene ring substituents is 1. The molecule has 0 bridgehead atoms. The van der Waals surface area contributed by atoms with Gasteiger partial charge in [0.1, 0.15) is 0 Å². The summed E-state index contributed by atoms with van der Waals surface area (Å²) in [6, 6.07) is 30.0. The topological polar surface area (TPSA) is 155 Å². The second-order valence-electron chi connectivity index (χ2n) is 12.2. The van der Waals surface area contributed by atoms with E-state index in [9.17, 15) is 29.9 Å². The van der Waals surface area contributed by atoms with Crippen molar-refractivity contribution in [3.05, 3.63) is 154 Å². The number of rotatable bonds is 14. The van der Waals surface area contributed by atoms with Gasteiger partial charge in [0.2, 0.25) is 6.41 Å². The number of aromatic nitrogens is 3. The highest BCUT2D eigenvalue weighted by atomic mass is 16.6.